The van der Waals surface area contributed by atoms with Crippen molar-refractivity contribution in [3.8, 4) is 0 Å². The second kappa shape index (κ2) is 9.19. The van der Waals surface area contributed by atoms with Crippen LogP contribution in [0.25, 0.3) is 0 Å². The van der Waals surface area contributed by atoms with Crippen LogP contribution < -0.4 is 11.1 Å². The summed E-state index contributed by atoms with van der Waals surface area (Å²) in [5, 5.41) is 6.95. The second-order valence-corrected chi connectivity index (χ2v) is 4.41. The van der Waals surface area contributed by atoms with Gasteiger partial charge in [-0.15, -0.1) is 24.8 Å². The molecule has 106 valence electrons. The van der Waals surface area contributed by atoms with E-state index in [4.69, 9.17) is 5.73 Å². The minimum Gasteiger partial charge on any atom is -0.350 e. The maximum Gasteiger partial charge on any atom is 0.237 e. The molecule has 1 amide bonds. The molecule has 2 unspecified atom stereocenters. The SMILES string of the molecule is CC(Cn1cccn1)NC(=O)C(N)C(C)C.Cl.Cl. The Kier molecular flexibility index (Phi) is 9.99. The number of carbonyl (C=O) groups excluding carboxylic acids is 1. The van der Waals surface area contributed by atoms with E-state index in [1.165, 1.54) is 0 Å². The van der Waals surface area contributed by atoms with E-state index in [2.05, 4.69) is 10.4 Å². The Hall–Kier alpha value is -0.780. The van der Waals surface area contributed by atoms with Crippen molar-refractivity contribution in [2.45, 2.75) is 39.4 Å². The number of rotatable bonds is 5. The molecule has 3 N–H and O–H groups in total. The van der Waals surface area contributed by atoms with Gasteiger partial charge < -0.3 is 11.1 Å². The number of hydrogen-bond acceptors (Lipinski definition) is 3. The second-order valence-electron chi connectivity index (χ2n) is 4.41. The summed E-state index contributed by atoms with van der Waals surface area (Å²) in [4.78, 5) is 11.7. The van der Waals surface area contributed by atoms with Gasteiger partial charge in [0.05, 0.1) is 12.6 Å². The van der Waals surface area contributed by atoms with Crippen molar-refractivity contribution in [3.05, 3.63) is 18.5 Å². The molecule has 0 bridgehead atoms. The van der Waals surface area contributed by atoms with Gasteiger partial charge in [-0.2, -0.15) is 5.10 Å². The molecule has 0 saturated carbocycles. The van der Waals surface area contributed by atoms with Crippen LogP contribution >= 0.6 is 24.8 Å². The Morgan fingerprint density at radius 1 is 1.39 bits per heavy atom. The zero-order valence-electron chi connectivity index (χ0n) is 10.9. The first-order valence-electron chi connectivity index (χ1n) is 5.54. The van der Waals surface area contributed by atoms with E-state index in [0.717, 1.165) is 0 Å². The van der Waals surface area contributed by atoms with Gasteiger partial charge in [-0.05, 0) is 18.9 Å². The van der Waals surface area contributed by atoms with Crippen LogP contribution in [0.1, 0.15) is 20.8 Å². The first-order valence-corrected chi connectivity index (χ1v) is 5.54. The average molecular weight is 297 g/mol. The fourth-order valence-electron chi connectivity index (χ4n) is 1.38. The van der Waals surface area contributed by atoms with Crippen molar-refractivity contribution in [2.24, 2.45) is 11.7 Å². The molecule has 0 aliphatic carbocycles. The molecule has 1 aromatic heterocycles. The molecule has 1 rings (SSSR count). The Morgan fingerprint density at radius 2 is 2.00 bits per heavy atom. The van der Waals surface area contributed by atoms with Crippen molar-refractivity contribution in [1.29, 1.82) is 0 Å². The number of nitrogens with two attached hydrogens (primary N) is 1. The number of amides is 1. The highest BCUT2D eigenvalue weighted by molar-refractivity contribution is 5.85. The van der Waals surface area contributed by atoms with Crippen LogP contribution in [-0.4, -0.2) is 27.8 Å². The molecule has 5 nitrogen and oxygen atoms in total. The van der Waals surface area contributed by atoms with Crippen LogP contribution in [0.4, 0.5) is 0 Å². The number of carbonyl (C=O) groups is 1. The number of halogens is 2. The Bertz CT molecular complexity index is 330. The van der Waals surface area contributed by atoms with E-state index in [1.54, 1.807) is 10.9 Å². The van der Waals surface area contributed by atoms with E-state index >= 15 is 0 Å². The molecule has 1 heterocycles. The maximum atomic E-state index is 11.7. The first kappa shape index (κ1) is 19.6. The first-order chi connectivity index (χ1) is 7.50. The molecule has 0 aliphatic rings. The van der Waals surface area contributed by atoms with Gasteiger partial charge in [0.1, 0.15) is 0 Å². The summed E-state index contributed by atoms with van der Waals surface area (Å²) in [6, 6.07) is 1.44. The summed E-state index contributed by atoms with van der Waals surface area (Å²) in [7, 11) is 0. The molecule has 0 aliphatic heterocycles. The highest BCUT2D eigenvalue weighted by atomic mass is 35.5. The number of hydrogen-bond donors (Lipinski definition) is 2. The third-order valence-electron chi connectivity index (χ3n) is 2.43. The Balaban J connectivity index is 0. The molecule has 0 aromatic carbocycles. The van der Waals surface area contributed by atoms with Crippen LogP contribution in [0.3, 0.4) is 0 Å². The van der Waals surface area contributed by atoms with E-state index in [-0.39, 0.29) is 42.7 Å². The quantitative estimate of drug-likeness (QED) is 0.858. The van der Waals surface area contributed by atoms with Gasteiger partial charge in [-0.1, -0.05) is 13.8 Å². The highest BCUT2D eigenvalue weighted by Crippen LogP contribution is 1.99. The summed E-state index contributed by atoms with van der Waals surface area (Å²) in [5.41, 5.74) is 5.75. The van der Waals surface area contributed by atoms with Crippen molar-refractivity contribution in [3.63, 3.8) is 0 Å². The molecule has 0 spiro atoms. The Labute approximate surface area is 120 Å². The smallest absolute Gasteiger partial charge is 0.237 e. The van der Waals surface area contributed by atoms with Crippen LogP contribution in [0.2, 0.25) is 0 Å². The van der Waals surface area contributed by atoms with E-state index < -0.39 is 6.04 Å². The molecule has 0 saturated heterocycles. The summed E-state index contributed by atoms with van der Waals surface area (Å²) in [6.45, 7) is 6.46. The van der Waals surface area contributed by atoms with Crippen LogP contribution in [-0.2, 0) is 11.3 Å². The molecule has 0 fully saturated rings. The van der Waals surface area contributed by atoms with Gasteiger partial charge in [0.15, 0.2) is 0 Å². The normalized spacial score (nSPS) is 13.2. The fraction of sp³-hybridized carbons (Fsp3) is 0.636. The summed E-state index contributed by atoms with van der Waals surface area (Å²) in [5.74, 6) is 0.0477. The lowest BCUT2D eigenvalue weighted by molar-refractivity contribution is -0.123. The summed E-state index contributed by atoms with van der Waals surface area (Å²) in [6.07, 6.45) is 3.58. The van der Waals surface area contributed by atoms with Crippen LogP contribution in [0, 0.1) is 5.92 Å². The van der Waals surface area contributed by atoms with Crippen LogP contribution in [0.5, 0.6) is 0 Å². The minimum atomic E-state index is -0.444. The van der Waals surface area contributed by atoms with Gasteiger partial charge in [0.2, 0.25) is 5.91 Å². The van der Waals surface area contributed by atoms with Gasteiger partial charge in [0, 0.05) is 18.4 Å². The topological polar surface area (TPSA) is 72.9 Å². The molecular formula is C11H22Cl2N4O. The zero-order valence-corrected chi connectivity index (χ0v) is 12.5. The standard InChI is InChI=1S/C11H20N4O.2ClH/c1-8(2)10(12)11(16)14-9(3)7-15-6-4-5-13-15;;/h4-6,8-10H,7,12H2,1-3H3,(H,14,16);2*1H. The molecule has 18 heavy (non-hydrogen) atoms. The number of aromatic nitrogens is 2. The van der Waals surface area contributed by atoms with Crippen molar-refractivity contribution in [1.82, 2.24) is 15.1 Å². The summed E-state index contributed by atoms with van der Waals surface area (Å²) < 4.78 is 1.78. The average Bonchev–Trinajstić information content (AvgIpc) is 2.68. The molecule has 2 atom stereocenters. The minimum absolute atomic E-state index is 0. The third-order valence-corrected chi connectivity index (χ3v) is 2.43. The van der Waals surface area contributed by atoms with E-state index in [0.29, 0.717) is 6.54 Å². The lowest BCUT2D eigenvalue weighted by Gasteiger charge is -2.19. The number of nitrogens with one attached hydrogen (secondary N) is 1. The lowest BCUT2D eigenvalue weighted by atomic mass is 10.0. The molecule has 7 heteroatoms. The molecular weight excluding hydrogens is 275 g/mol. The molecule has 1 aromatic rings. The fourth-order valence-corrected chi connectivity index (χ4v) is 1.38. The predicted molar refractivity (Wildman–Crippen MR) is 77.1 cm³/mol. The highest BCUT2D eigenvalue weighted by Gasteiger charge is 2.18. The van der Waals surface area contributed by atoms with E-state index in [1.807, 2.05) is 33.0 Å². The lowest BCUT2D eigenvalue weighted by Crippen LogP contribution is -2.48. The monoisotopic (exact) mass is 296 g/mol. The predicted octanol–water partition coefficient (Wildman–Crippen LogP) is 1.21. The van der Waals surface area contributed by atoms with Gasteiger partial charge in [-0.3, -0.25) is 9.48 Å². The van der Waals surface area contributed by atoms with Crippen molar-refractivity contribution >= 4 is 30.7 Å². The summed E-state index contributed by atoms with van der Waals surface area (Å²) >= 11 is 0. The largest absolute Gasteiger partial charge is 0.350 e. The number of nitrogens with zero attached hydrogens (tertiary/aromatic N) is 2. The van der Waals surface area contributed by atoms with Crippen LogP contribution in [0.15, 0.2) is 18.5 Å². The van der Waals surface area contributed by atoms with Crippen molar-refractivity contribution < 1.29 is 4.79 Å². The maximum absolute atomic E-state index is 11.7. The zero-order chi connectivity index (χ0) is 12.1. The van der Waals surface area contributed by atoms with Gasteiger partial charge in [0.25, 0.3) is 0 Å². The van der Waals surface area contributed by atoms with Gasteiger partial charge >= 0.3 is 0 Å². The van der Waals surface area contributed by atoms with E-state index in [9.17, 15) is 4.79 Å². The third kappa shape index (κ3) is 6.23. The van der Waals surface area contributed by atoms with Crippen molar-refractivity contribution in [2.75, 3.05) is 0 Å². The van der Waals surface area contributed by atoms with Gasteiger partial charge in [-0.25, -0.2) is 0 Å². The molecule has 0 radical (unpaired) electrons. The Morgan fingerprint density at radius 3 is 2.44 bits per heavy atom.